The van der Waals surface area contributed by atoms with E-state index in [2.05, 4.69) is 15.3 Å². The van der Waals surface area contributed by atoms with Crippen LogP contribution in [0.1, 0.15) is 25.7 Å². The second-order valence-electron chi connectivity index (χ2n) is 6.61. The van der Waals surface area contributed by atoms with Gasteiger partial charge in [-0.15, -0.1) is 0 Å². The van der Waals surface area contributed by atoms with E-state index in [1.807, 2.05) is 0 Å². The number of benzene rings is 1. The highest BCUT2D eigenvalue weighted by molar-refractivity contribution is 5.73. The molecule has 0 aliphatic carbocycles. The van der Waals surface area contributed by atoms with Crippen LogP contribution in [0.5, 0.6) is 5.75 Å². The van der Waals surface area contributed by atoms with Gasteiger partial charge in [0.2, 0.25) is 5.91 Å². The molecule has 0 radical (unpaired) electrons. The van der Waals surface area contributed by atoms with Crippen LogP contribution < -0.4 is 10.1 Å². The first-order chi connectivity index (χ1) is 13.9. The number of esters is 1. The number of nitrogens with zero attached hydrogens (tertiary/aromatic N) is 3. The van der Waals surface area contributed by atoms with Gasteiger partial charge in [0.25, 0.3) is 0 Å². The molecule has 1 N–H and O–H groups in total. The van der Waals surface area contributed by atoms with E-state index in [1.54, 1.807) is 31.4 Å². The van der Waals surface area contributed by atoms with Crippen LogP contribution >= 0.6 is 0 Å². The highest BCUT2D eigenvalue weighted by Crippen LogP contribution is 2.36. The van der Waals surface area contributed by atoms with Crippen molar-refractivity contribution in [2.45, 2.75) is 50.7 Å². The highest BCUT2D eigenvalue weighted by Gasteiger charge is 2.51. The van der Waals surface area contributed by atoms with E-state index in [0.717, 1.165) is 5.56 Å². The third-order valence-corrected chi connectivity index (χ3v) is 4.58. The number of azide groups is 1. The SMILES string of the molecule is COc1ccc(C2OCC3O[C@@H](N=[N+]=[N-])C(NC(C)=O)[C@@H](OC(C)=O)[C@@H]3O2)cc1. The fourth-order valence-electron chi connectivity index (χ4n) is 3.39. The number of hydrogen-bond donors (Lipinski definition) is 1. The number of ether oxygens (including phenoxy) is 5. The maximum Gasteiger partial charge on any atom is 0.303 e. The molecular formula is C18H22N4O7. The van der Waals surface area contributed by atoms with Crippen LogP contribution in [0.15, 0.2) is 29.4 Å². The second-order valence-corrected chi connectivity index (χ2v) is 6.61. The van der Waals surface area contributed by atoms with E-state index in [0.29, 0.717) is 5.75 Å². The molecule has 2 saturated heterocycles. The number of nitrogens with one attached hydrogen (secondary N) is 1. The molecule has 156 valence electrons. The van der Waals surface area contributed by atoms with E-state index >= 15 is 0 Å². The zero-order valence-electron chi connectivity index (χ0n) is 16.2. The summed E-state index contributed by atoms with van der Waals surface area (Å²) in [6.45, 7) is 2.66. The molecule has 11 heteroatoms. The first-order valence-electron chi connectivity index (χ1n) is 8.98. The van der Waals surface area contributed by atoms with E-state index < -0.39 is 48.7 Å². The summed E-state index contributed by atoms with van der Waals surface area (Å²) in [6, 6.07) is 6.22. The summed E-state index contributed by atoms with van der Waals surface area (Å²) in [5.74, 6) is -0.281. The fourth-order valence-corrected chi connectivity index (χ4v) is 3.39. The van der Waals surface area contributed by atoms with Crippen molar-refractivity contribution in [3.63, 3.8) is 0 Å². The minimum Gasteiger partial charge on any atom is -0.497 e. The van der Waals surface area contributed by atoms with Crippen molar-refractivity contribution in [2.75, 3.05) is 13.7 Å². The number of rotatable bonds is 5. The summed E-state index contributed by atoms with van der Waals surface area (Å²) in [7, 11) is 1.57. The summed E-state index contributed by atoms with van der Waals surface area (Å²) >= 11 is 0. The number of carbonyl (C=O) groups is 2. The molecule has 0 bridgehead atoms. The van der Waals surface area contributed by atoms with Gasteiger partial charge in [0, 0.05) is 24.3 Å². The number of hydrogen-bond acceptors (Lipinski definition) is 8. The first kappa shape index (κ1) is 20.9. The second kappa shape index (κ2) is 9.10. The van der Waals surface area contributed by atoms with Crippen LogP contribution in [-0.2, 0) is 28.5 Å². The quantitative estimate of drug-likeness (QED) is 0.339. The van der Waals surface area contributed by atoms with Crippen LogP contribution in [0.2, 0.25) is 0 Å². The lowest BCUT2D eigenvalue weighted by atomic mass is 9.94. The third-order valence-electron chi connectivity index (χ3n) is 4.58. The van der Waals surface area contributed by atoms with Gasteiger partial charge in [0.1, 0.15) is 24.0 Å². The fraction of sp³-hybridized carbons (Fsp3) is 0.556. The molecule has 2 fully saturated rings. The maximum absolute atomic E-state index is 11.7. The molecule has 29 heavy (non-hydrogen) atoms. The third kappa shape index (κ3) is 4.77. The lowest BCUT2D eigenvalue weighted by molar-refractivity contribution is -0.315. The van der Waals surface area contributed by atoms with E-state index in [-0.39, 0.29) is 6.61 Å². The Hall–Kier alpha value is -2.85. The molecular weight excluding hydrogens is 384 g/mol. The molecule has 3 unspecified atom stereocenters. The number of amides is 1. The zero-order chi connectivity index (χ0) is 21.0. The standard InChI is InChI=1S/C18H22N4O7/c1-9(23)20-14-16(27-10(2)24)15-13(28-17(14)21-22-19)8-26-18(29-15)11-4-6-12(25-3)7-5-11/h4-7,13-18H,8H2,1-3H3,(H,20,23)/t13?,14?,15-,16-,17-,18?/m1/s1. The molecule has 3 rings (SSSR count). The highest BCUT2D eigenvalue weighted by atomic mass is 16.7. The van der Waals surface area contributed by atoms with Gasteiger partial charge < -0.3 is 29.0 Å². The Morgan fingerprint density at radius 2 is 1.97 bits per heavy atom. The predicted molar refractivity (Wildman–Crippen MR) is 97.5 cm³/mol. The van der Waals surface area contributed by atoms with Gasteiger partial charge in [-0.3, -0.25) is 9.59 Å². The lowest BCUT2D eigenvalue weighted by Gasteiger charge is -2.48. The van der Waals surface area contributed by atoms with Crippen molar-refractivity contribution in [2.24, 2.45) is 5.11 Å². The van der Waals surface area contributed by atoms with Crippen molar-refractivity contribution in [1.82, 2.24) is 5.32 Å². The molecule has 1 amide bonds. The summed E-state index contributed by atoms with van der Waals surface area (Å²) in [5, 5.41) is 6.22. The van der Waals surface area contributed by atoms with E-state index in [4.69, 9.17) is 29.2 Å². The van der Waals surface area contributed by atoms with Gasteiger partial charge in [0.15, 0.2) is 18.6 Å². The maximum atomic E-state index is 11.7. The van der Waals surface area contributed by atoms with Crippen molar-refractivity contribution < 1.29 is 33.3 Å². The number of carbonyl (C=O) groups excluding carboxylic acids is 2. The molecule has 0 spiro atoms. The van der Waals surface area contributed by atoms with Crippen molar-refractivity contribution >= 4 is 11.9 Å². The molecule has 2 aliphatic heterocycles. The molecule has 2 aliphatic rings. The average Bonchev–Trinajstić information content (AvgIpc) is 2.70. The van der Waals surface area contributed by atoms with Gasteiger partial charge in [-0.1, -0.05) is 17.2 Å². The van der Waals surface area contributed by atoms with Crippen molar-refractivity contribution in [3.05, 3.63) is 40.3 Å². The largest absolute Gasteiger partial charge is 0.497 e. The smallest absolute Gasteiger partial charge is 0.303 e. The number of methoxy groups -OCH3 is 1. The summed E-state index contributed by atoms with van der Waals surface area (Å²) in [5.41, 5.74) is 9.59. The Morgan fingerprint density at radius 3 is 2.55 bits per heavy atom. The van der Waals surface area contributed by atoms with E-state index in [9.17, 15) is 9.59 Å². The van der Waals surface area contributed by atoms with Gasteiger partial charge in [0.05, 0.1) is 13.7 Å². The molecule has 1 aromatic carbocycles. The van der Waals surface area contributed by atoms with Crippen LogP contribution in [0.4, 0.5) is 0 Å². The Labute approximate surface area is 166 Å². The normalized spacial score (nSPS) is 31.0. The van der Waals surface area contributed by atoms with Crippen molar-refractivity contribution in [3.8, 4) is 5.75 Å². The Kier molecular flexibility index (Phi) is 6.55. The van der Waals surface area contributed by atoms with Gasteiger partial charge in [-0.05, 0) is 17.7 Å². The Balaban J connectivity index is 1.87. The molecule has 0 aromatic heterocycles. The molecule has 11 nitrogen and oxygen atoms in total. The topological polar surface area (TPSA) is 141 Å². The minimum atomic E-state index is -1.08. The lowest BCUT2D eigenvalue weighted by Crippen LogP contribution is -2.66. The first-order valence-corrected chi connectivity index (χ1v) is 8.98. The van der Waals surface area contributed by atoms with Gasteiger partial charge in [-0.25, -0.2) is 0 Å². The molecule has 1 aromatic rings. The monoisotopic (exact) mass is 406 g/mol. The average molecular weight is 406 g/mol. The Morgan fingerprint density at radius 1 is 1.24 bits per heavy atom. The minimum absolute atomic E-state index is 0.114. The summed E-state index contributed by atoms with van der Waals surface area (Å²) in [6.07, 6.45) is -4.16. The van der Waals surface area contributed by atoms with Gasteiger partial charge >= 0.3 is 5.97 Å². The Bertz CT molecular complexity index is 796. The predicted octanol–water partition coefficient (Wildman–Crippen LogP) is 1.58. The molecule has 6 atom stereocenters. The summed E-state index contributed by atoms with van der Waals surface area (Å²) in [4.78, 5) is 26.2. The van der Waals surface area contributed by atoms with Crippen LogP contribution in [0.25, 0.3) is 10.4 Å². The van der Waals surface area contributed by atoms with Gasteiger partial charge in [-0.2, -0.15) is 0 Å². The zero-order valence-corrected chi connectivity index (χ0v) is 16.2. The molecule has 2 heterocycles. The van der Waals surface area contributed by atoms with Crippen LogP contribution in [0, 0.1) is 0 Å². The van der Waals surface area contributed by atoms with Crippen molar-refractivity contribution in [1.29, 1.82) is 0 Å². The summed E-state index contributed by atoms with van der Waals surface area (Å²) < 4.78 is 28.2. The van der Waals surface area contributed by atoms with Crippen LogP contribution in [0.3, 0.4) is 0 Å². The van der Waals surface area contributed by atoms with Crippen LogP contribution in [-0.4, -0.2) is 56.2 Å². The van der Waals surface area contributed by atoms with E-state index in [1.165, 1.54) is 13.8 Å². The molecule has 0 saturated carbocycles. The number of fused-ring (bicyclic) bond motifs is 1.